The average Bonchev–Trinajstić information content (AvgIpc) is 2.97. The number of ether oxygens (including phenoxy) is 2. The molecule has 1 aromatic rings. The Balaban J connectivity index is 0.000000470. The first-order valence-electron chi connectivity index (χ1n) is 13.0. The van der Waals surface area contributed by atoms with Crippen molar-refractivity contribution < 1.29 is 47.0 Å². The van der Waals surface area contributed by atoms with Crippen LogP contribution in [0.3, 0.4) is 0 Å². The number of aliphatic imine (C=N–C) groups is 1. The summed E-state index contributed by atoms with van der Waals surface area (Å²) in [6.07, 6.45) is 6.01. The zero-order valence-corrected chi connectivity index (χ0v) is 24.9. The molecule has 4 atom stereocenters. The highest BCUT2D eigenvalue weighted by Gasteiger charge is 2.25. The van der Waals surface area contributed by atoms with E-state index < -0.39 is 38.8 Å². The first-order chi connectivity index (χ1) is 20.1. The number of para-hydroxylation sites is 1. The first-order valence-corrected chi connectivity index (χ1v) is 14.2. The number of nitrogens with zero attached hydrogens (tertiary/aromatic N) is 2. The van der Waals surface area contributed by atoms with Gasteiger partial charge in [-0.25, -0.2) is 5.09 Å². The van der Waals surface area contributed by atoms with Crippen LogP contribution in [0.2, 0.25) is 0 Å². The second kappa shape index (κ2) is 21.1. The molecule has 1 aliphatic heterocycles. The van der Waals surface area contributed by atoms with Gasteiger partial charge in [0.05, 0.1) is 19.3 Å². The molecule has 0 fully saturated rings. The smallest absolute Gasteiger partial charge is 0.464 e. The van der Waals surface area contributed by atoms with Crippen molar-refractivity contribution in [1.29, 1.82) is 0 Å². The molecule has 0 radical (unpaired) electrons. The number of rotatable bonds is 16. The highest BCUT2D eigenvalue weighted by molar-refractivity contribution is 7.45. The highest BCUT2D eigenvalue weighted by atomic mass is 31.2. The maximum absolute atomic E-state index is 12.0. The third-order valence-corrected chi connectivity index (χ3v) is 6.48. The average molecular weight is 610 g/mol. The lowest BCUT2D eigenvalue weighted by molar-refractivity contribution is -0.348. The van der Waals surface area contributed by atoms with Gasteiger partial charge in [-0.2, -0.15) is 9.18 Å². The van der Waals surface area contributed by atoms with Crippen LogP contribution in [0.5, 0.6) is 5.75 Å². The fourth-order valence-corrected chi connectivity index (χ4v) is 3.98. The summed E-state index contributed by atoms with van der Waals surface area (Å²) in [5.74, 6) is 0.0359. The normalized spacial score (nSPS) is 16.2. The summed E-state index contributed by atoms with van der Waals surface area (Å²) < 4.78 is 34.6. The van der Waals surface area contributed by atoms with Gasteiger partial charge in [0.1, 0.15) is 24.1 Å². The summed E-state index contributed by atoms with van der Waals surface area (Å²) in [5.41, 5.74) is 0. The minimum absolute atomic E-state index is 0.0959. The fourth-order valence-electron chi connectivity index (χ4n) is 2.79. The van der Waals surface area contributed by atoms with Crippen molar-refractivity contribution in [3.8, 4) is 5.75 Å². The summed E-state index contributed by atoms with van der Waals surface area (Å²) in [5, 5.41) is 15.1. The van der Waals surface area contributed by atoms with Gasteiger partial charge in [0, 0.05) is 24.6 Å². The second-order valence-corrected chi connectivity index (χ2v) is 9.76. The molecule has 3 N–H and O–H groups in total. The number of hydrogen-bond acceptors (Lipinski definition) is 9. The summed E-state index contributed by atoms with van der Waals surface area (Å²) in [7, 11) is -0.158. The van der Waals surface area contributed by atoms with Crippen molar-refractivity contribution in [1.82, 2.24) is 10.4 Å². The van der Waals surface area contributed by atoms with Gasteiger partial charge in [-0.05, 0) is 38.8 Å². The van der Waals surface area contributed by atoms with E-state index in [2.05, 4.69) is 28.6 Å². The van der Waals surface area contributed by atoms with Crippen molar-refractivity contribution in [2.45, 2.75) is 51.4 Å². The molecule has 0 aromatic heterocycles. The lowest BCUT2D eigenvalue weighted by Crippen LogP contribution is -2.35. The Labute approximate surface area is 246 Å². The second-order valence-electron chi connectivity index (χ2n) is 8.54. The summed E-state index contributed by atoms with van der Waals surface area (Å²) in [6, 6.07) is 7.71. The van der Waals surface area contributed by atoms with E-state index in [9.17, 15) is 23.9 Å². The van der Waals surface area contributed by atoms with Gasteiger partial charge in [0.15, 0.2) is 0 Å². The Kier molecular flexibility index (Phi) is 18.3. The number of carbonyl (C=O) groups is 3. The first kappa shape index (κ1) is 36.4. The molecule has 0 saturated heterocycles. The molecular weight excluding hydrogens is 570 g/mol. The molecule has 1 aliphatic rings. The number of halogens is 1. The lowest BCUT2D eigenvalue weighted by Gasteiger charge is -2.24. The Hall–Kier alpha value is -3.61. The number of urea groups is 1. The monoisotopic (exact) mass is 609 g/mol. The number of amidine groups is 1. The minimum Gasteiger partial charge on any atom is -0.464 e. The van der Waals surface area contributed by atoms with Crippen molar-refractivity contribution in [3.63, 3.8) is 0 Å². The van der Waals surface area contributed by atoms with E-state index in [1.165, 1.54) is 19.4 Å². The van der Waals surface area contributed by atoms with E-state index in [0.717, 1.165) is 0 Å². The van der Waals surface area contributed by atoms with Crippen LogP contribution < -0.4 is 14.9 Å². The Morgan fingerprint density at radius 1 is 1.19 bits per heavy atom. The number of aliphatic hydroxyl groups is 1. The third kappa shape index (κ3) is 14.9. The molecule has 230 valence electrons. The van der Waals surface area contributed by atoms with Crippen molar-refractivity contribution in [2.75, 3.05) is 20.3 Å². The van der Waals surface area contributed by atoms with Crippen LogP contribution >= 0.6 is 8.53 Å². The van der Waals surface area contributed by atoms with Gasteiger partial charge < -0.3 is 23.6 Å². The predicted molar refractivity (Wildman–Crippen MR) is 158 cm³/mol. The van der Waals surface area contributed by atoms with E-state index in [4.69, 9.17) is 18.5 Å². The van der Waals surface area contributed by atoms with Crippen LogP contribution in [0.1, 0.15) is 33.1 Å². The number of nitrogens with one attached hydrogen (secondary N) is 2. The summed E-state index contributed by atoms with van der Waals surface area (Å²) in [6.45, 7) is 10.8. The quantitative estimate of drug-likeness (QED) is 0.0834. The predicted octanol–water partition coefficient (Wildman–Crippen LogP) is 3.93. The van der Waals surface area contributed by atoms with Crippen molar-refractivity contribution in [2.24, 2.45) is 4.99 Å². The van der Waals surface area contributed by atoms with E-state index in [1.807, 2.05) is 18.2 Å². The molecule has 0 bridgehead atoms. The molecule has 2 rings (SSSR count). The fraction of sp³-hybridized carbons (Fsp3) is 0.393. The number of benzene rings is 1. The number of hydrogen-bond donors (Lipinski definition) is 3. The van der Waals surface area contributed by atoms with E-state index in [1.54, 1.807) is 38.1 Å². The van der Waals surface area contributed by atoms with Crippen LogP contribution in [0.25, 0.3) is 0 Å². The van der Waals surface area contributed by atoms with Crippen molar-refractivity contribution in [3.05, 3.63) is 67.9 Å². The number of methoxy groups -OCH3 is 1. The topological polar surface area (TPSA) is 148 Å². The number of carbonyl (C=O) groups excluding carboxylic acids is 3. The van der Waals surface area contributed by atoms with Crippen LogP contribution in [0.4, 0.5) is 9.18 Å². The Morgan fingerprint density at radius 2 is 1.88 bits per heavy atom. The maximum Gasteiger partial charge on any atom is 0.548 e. The molecule has 0 spiro atoms. The van der Waals surface area contributed by atoms with E-state index in [-0.39, 0.29) is 37.8 Å². The van der Waals surface area contributed by atoms with Crippen LogP contribution in [0.15, 0.2) is 72.9 Å². The summed E-state index contributed by atoms with van der Waals surface area (Å²) >= 11 is 0. The number of aliphatic hydroxyl groups excluding tert-OH is 1. The largest absolute Gasteiger partial charge is 0.548 e. The highest BCUT2D eigenvalue weighted by Crippen LogP contribution is 2.36. The lowest BCUT2D eigenvalue weighted by atomic mass is 10.2. The van der Waals surface area contributed by atoms with Crippen molar-refractivity contribution >= 4 is 38.7 Å². The molecule has 1 aromatic carbocycles. The van der Waals surface area contributed by atoms with Gasteiger partial charge in [0.2, 0.25) is 12.4 Å². The molecule has 0 saturated carbocycles. The van der Waals surface area contributed by atoms with Gasteiger partial charge in [-0.1, -0.05) is 30.4 Å². The van der Waals surface area contributed by atoms with Gasteiger partial charge in [0.25, 0.3) is 5.84 Å². The number of esters is 1. The zero-order valence-electron chi connectivity index (χ0n) is 24.0. The zero-order chi connectivity index (χ0) is 31.3. The molecule has 1 heterocycles. The van der Waals surface area contributed by atoms with E-state index in [0.29, 0.717) is 23.2 Å². The third-order valence-electron chi connectivity index (χ3n) is 5.13. The minimum atomic E-state index is -1.65. The summed E-state index contributed by atoms with van der Waals surface area (Å²) in [4.78, 5) is 37.8. The van der Waals surface area contributed by atoms with E-state index >= 15 is 0 Å². The molecular formula is C28H39FN4O8P+. The van der Waals surface area contributed by atoms with Gasteiger partial charge >= 0.3 is 20.5 Å². The molecule has 14 heteroatoms. The molecule has 42 heavy (non-hydrogen) atoms. The Bertz CT molecular complexity index is 1110. The number of amides is 3. The molecule has 12 nitrogen and oxygen atoms in total. The SMILES string of the molecule is C=CCCC(=O)NC1=NC(=O)[N+](=CF)C=C1.C=CCCOC(=O)C(C)NP(OCC(OC)C(C)O)Oc1ccccc1. The van der Waals surface area contributed by atoms with Crippen LogP contribution in [-0.4, -0.2) is 78.5 Å². The van der Waals surface area contributed by atoms with Gasteiger partial charge in [-0.3, -0.25) is 14.9 Å². The molecule has 4 unspecified atom stereocenters. The Morgan fingerprint density at radius 3 is 2.45 bits per heavy atom. The number of allylic oxidation sites excluding steroid dienone is 1. The van der Waals surface area contributed by atoms with Crippen LogP contribution in [-0.2, 0) is 23.6 Å². The molecule has 3 amide bonds. The molecule has 0 aliphatic carbocycles. The maximum atomic E-state index is 12.0. The standard InChI is InChI=1S/C18H28NO6P.C10H10FN3O2/c1-5-6-12-23-18(21)14(2)19-26(24-13-17(22-4)15(3)20)25-16-10-8-7-9-11-16;1-2-3-4-9(15)12-8-5-6-14(7-11)10(16)13-8/h5,7-11,14-15,17,19-20H,1,6,12-13H2,2-4H3;2,5-7H,1,3-4H2/p+1. The van der Waals surface area contributed by atoms with Gasteiger partial charge in [-0.15, -0.1) is 17.7 Å². The van der Waals surface area contributed by atoms with Crippen LogP contribution in [0, 0.1) is 0 Å².